The molecule has 0 bridgehead atoms. The number of benzene rings is 1. The summed E-state index contributed by atoms with van der Waals surface area (Å²) in [6.07, 6.45) is 5.80. The van der Waals surface area contributed by atoms with E-state index in [1.165, 1.54) is 51.0 Å². The fraction of sp³-hybridized carbons (Fsp3) is 0.684. The van der Waals surface area contributed by atoms with E-state index in [1.54, 1.807) is 0 Å². The van der Waals surface area contributed by atoms with Gasteiger partial charge >= 0.3 is 0 Å². The number of nitrogens with zero attached hydrogens (tertiary/aromatic N) is 2. The van der Waals surface area contributed by atoms with E-state index < -0.39 is 0 Å². The van der Waals surface area contributed by atoms with Gasteiger partial charge in [0.2, 0.25) is 0 Å². The number of hydrogen-bond donors (Lipinski definition) is 1. The molecule has 3 heteroatoms. The topological polar surface area (TPSA) is 26.7 Å². The van der Waals surface area contributed by atoms with Gasteiger partial charge in [-0.25, -0.2) is 0 Å². The van der Waals surface area contributed by atoms with Crippen molar-refractivity contribution in [2.75, 3.05) is 39.3 Å². The van der Waals surface area contributed by atoms with E-state index >= 15 is 0 Å². The first kappa shape index (κ1) is 16.0. The van der Waals surface area contributed by atoms with Gasteiger partial charge < -0.3 is 14.9 Å². The molecule has 3 rings (SSSR count). The molecule has 0 amide bonds. The molecule has 0 radical (unpaired) electrons. The van der Waals surface area contributed by atoms with Gasteiger partial charge in [-0.15, -0.1) is 0 Å². The second kappa shape index (κ2) is 8.09. The highest BCUT2D eigenvalue weighted by Crippen LogP contribution is 2.27. The summed E-state index contributed by atoms with van der Waals surface area (Å²) in [5, 5.41) is 9.58. The van der Waals surface area contributed by atoms with Crippen LogP contribution in [0.1, 0.15) is 43.6 Å². The number of likely N-dealkylation sites (tertiary alicyclic amines) is 2. The lowest BCUT2D eigenvalue weighted by molar-refractivity contribution is 0.0769. The Morgan fingerprint density at radius 3 is 2.18 bits per heavy atom. The zero-order chi connectivity index (χ0) is 15.2. The second-order valence-electron chi connectivity index (χ2n) is 6.95. The van der Waals surface area contributed by atoms with E-state index in [1.807, 2.05) is 0 Å². The third-order valence-electron chi connectivity index (χ3n) is 5.38. The number of piperidine rings is 1. The maximum Gasteiger partial charge on any atom is 0.0564 e. The SMILES string of the molecule is OC1CCN(CCN2CCCC(c3ccccc3)CC2)CC1. The summed E-state index contributed by atoms with van der Waals surface area (Å²) in [5.74, 6) is 0.747. The first-order valence-corrected chi connectivity index (χ1v) is 8.99. The van der Waals surface area contributed by atoms with E-state index in [4.69, 9.17) is 0 Å². The number of aliphatic hydroxyl groups excluding tert-OH is 1. The van der Waals surface area contributed by atoms with Crippen molar-refractivity contribution >= 4 is 0 Å². The number of rotatable bonds is 4. The van der Waals surface area contributed by atoms with Gasteiger partial charge in [0.05, 0.1) is 6.10 Å². The average molecular weight is 302 g/mol. The highest BCUT2D eigenvalue weighted by molar-refractivity contribution is 5.19. The van der Waals surface area contributed by atoms with Crippen molar-refractivity contribution < 1.29 is 5.11 Å². The van der Waals surface area contributed by atoms with Crippen LogP contribution in [0, 0.1) is 0 Å². The van der Waals surface area contributed by atoms with Crippen LogP contribution in [-0.2, 0) is 0 Å². The van der Waals surface area contributed by atoms with Crippen molar-refractivity contribution in [2.24, 2.45) is 0 Å². The third-order valence-corrected chi connectivity index (χ3v) is 5.38. The van der Waals surface area contributed by atoms with Crippen LogP contribution in [-0.4, -0.2) is 60.3 Å². The van der Waals surface area contributed by atoms with Gasteiger partial charge in [-0.3, -0.25) is 0 Å². The van der Waals surface area contributed by atoms with Crippen molar-refractivity contribution in [1.82, 2.24) is 9.80 Å². The Balaban J connectivity index is 1.43. The van der Waals surface area contributed by atoms with Gasteiger partial charge in [-0.2, -0.15) is 0 Å². The third kappa shape index (κ3) is 4.55. The van der Waals surface area contributed by atoms with Gasteiger partial charge in [0.1, 0.15) is 0 Å². The average Bonchev–Trinajstić information content (AvgIpc) is 2.81. The molecule has 2 saturated heterocycles. The molecule has 1 aromatic carbocycles. The van der Waals surface area contributed by atoms with Gasteiger partial charge in [-0.1, -0.05) is 30.3 Å². The Morgan fingerprint density at radius 1 is 0.818 bits per heavy atom. The zero-order valence-corrected chi connectivity index (χ0v) is 13.7. The van der Waals surface area contributed by atoms with Crippen LogP contribution in [0.5, 0.6) is 0 Å². The Kier molecular flexibility index (Phi) is 5.88. The van der Waals surface area contributed by atoms with E-state index in [2.05, 4.69) is 40.1 Å². The van der Waals surface area contributed by atoms with Crippen molar-refractivity contribution in [3.63, 3.8) is 0 Å². The summed E-state index contributed by atoms with van der Waals surface area (Å²) >= 11 is 0. The Bertz CT molecular complexity index is 428. The van der Waals surface area contributed by atoms with Gasteiger partial charge in [0.15, 0.2) is 0 Å². The molecule has 2 fully saturated rings. The van der Waals surface area contributed by atoms with E-state index in [0.29, 0.717) is 0 Å². The monoisotopic (exact) mass is 302 g/mol. The number of aliphatic hydroxyl groups is 1. The van der Waals surface area contributed by atoms with Crippen molar-refractivity contribution in [3.8, 4) is 0 Å². The molecule has 1 N–H and O–H groups in total. The molecule has 22 heavy (non-hydrogen) atoms. The lowest BCUT2D eigenvalue weighted by Crippen LogP contribution is -2.41. The first-order chi connectivity index (χ1) is 10.8. The van der Waals surface area contributed by atoms with Crippen LogP contribution in [0.2, 0.25) is 0 Å². The zero-order valence-electron chi connectivity index (χ0n) is 13.7. The quantitative estimate of drug-likeness (QED) is 0.926. The molecule has 0 spiro atoms. The summed E-state index contributed by atoms with van der Waals surface area (Å²) in [7, 11) is 0. The first-order valence-electron chi connectivity index (χ1n) is 8.99. The molecular weight excluding hydrogens is 272 g/mol. The predicted octanol–water partition coefficient (Wildman–Crippen LogP) is 2.71. The molecular formula is C19H30N2O. The van der Waals surface area contributed by atoms with Gasteiger partial charge in [0, 0.05) is 26.2 Å². The smallest absolute Gasteiger partial charge is 0.0564 e. The summed E-state index contributed by atoms with van der Waals surface area (Å²) in [6, 6.07) is 11.0. The largest absolute Gasteiger partial charge is 0.393 e. The standard InChI is InChI=1S/C19H30N2O/c22-19-9-13-21(14-10-19)16-15-20-11-4-7-18(8-12-20)17-5-2-1-3-6-17/h1-3,5-6,18-19,22H,4,7-16H2. The molecule has 1 atom stereocenters. The highest BCUT2D eigenvalue weighted by atomic mass is 16.3. The van der Waals surface area contributed by atoms with Crippen molar-refractivity contribution in [2.45, 2.75) is 44.1 Å². The molecule has 2 aliphatic heterocycles. The van der Waals surface area contributed by atoms with Crippen LogP contribution in [0.15, 0.2) is 30.3 Å². The lowest BCUT2D eigenvalue weighted by Gasteiger charge is -2.31. The normalized spacial score (nSPS) is 26.0. The summed E-state index contributed by atoms with van der Waals surface area (Å²) in [6.45, 7) is 6.99. The Morgan fingerprint density at radius 2 is 1.45 bits per heavy atom. The molecule has 2 heterocycles. The van der Waals surface area contributed by atoms with Crippen LogP contribution in [0.25, 0.3) is 0 Å². The Hall–Kier alpha value is -0.900. The van der Waals surface area contributed by atoms with E-state index in [0.717, 1.165) is 31.8 Å². The Labute approximate surface area is 134 Å². The van der Waals surface area contributed by atoms with E-state index in [-0.39, 0.29) is 6.10 Å². The van der Waals surface area contributed by atoms with Gasteiger partial charge in [-0.05, 0) is 56.7 Å². The van der Waals surface area contributed by atoms with Crippen LogP contribution >= 0.6 is 0 Å². The molecule has 3 nitrogen and oxygen atoms in total. The fourth-order valence-corrected chi connectivity index (χ4v) is 3.86. The van der Waals surface area contributed by atoms with Crippen LogP contribution in [0.3, 0.4) is 0 Å². The lowest BCUT2D eigenvalue weighted by atomic mass is 9.92. The summed E-state index contributed by atoms with van der Waals surface area (Å²) in [5.41, 5.74) is 1.52. The molecule has 0 saturated carbocycles. The highest BCUT2D eigenvalue weighted by Gasteiger charge is 2.20. The molecule has 2 aliphatic rings. The molecule has 1 unspecified atom stereocenters. The minimum absolute atomic E-state index is 0.0546. The minimum Gasteiger partial charge on any atom is -0.393 e. The van der Waals surface area contributed by atoms with Crippen LogP contribution < -0.4 is 0 Å². The minimum atomic E-state index is -0.0546. The maximum atomic E-state index is 9.58. The van der Waals surface area contributed by atoms with E-state index in [9.17, 15) is 5.11 Å². The summed E-state index contributed by atoms with van der Waals surface area (Å²) < 4.78 is 0. The second-order valence-corrected chi connectivity index (χ2v) is 6.95. The molecule has 0 aromatic heterocycles. The van der Waals surface area contributed by atoms with Crippen molar-refractivity contribution in [3.05, 3.63) is 35.9 Å². The predicted molar refractivity (Wildman–Crippen MR) is 91.2 cm³/mol. The maximum absolute atomic E-state index is 9.58. The van der Waals surface area contributed by atoms with Crippen molar-refractivity contribution in [1.29, 1.82) is 0 Å². The number of hydrogen-bond acceptors (Lipinski definition) is 3. The molecule has 122 valence electrons. The molecule has 0 aliphatic carbocycles. The summed E-state index contributed by atoms with van der Waals surface area (Å²) in [4.78, 5) is 5.17. The van der Waals surface area contributed by atoms with Gasteiger partial charge in [0.25, 0.3) is 0 Å². The van der Waals surface area contributed by atoms with Crippen LogP contribution in [0.4, 0.5) is 0 Å². The fourth-order valence-electron chi connectivity index (χ4n) is 3.86. The molecule has 1 aromatic rings.